The molecule has 0 saturated carbocycles. The zero-order valence-electron chi connectivity index (χ0n) is 10.6. The lowest BCUT2D eigenvalue weighted by Gasteiger charge is -2.36. The standard InChI is InChI=1S/C13H17FN2O3/c14-12-10(3-1-4-11(12)16(17)18)7-13(8-15)5-2-6-19-9-13/h1,3-4H,2,5-9,15H2. The van der Waals surface area contributed by atoms with E-state index in [0.29, 0.717) is 31.7 Å². The van der Waals surface area contributed by atoms with Crippen LogP contribution in [-0.4, -0.2) is 24.7 Å². The lowest BCUT2D eigenvalue weighted by Crippen LogP contribution is -2.40. The molecular formula is C13H17FN2O3. The molecule has 5 nitrogen and oxygen atoms in total. The summed E-state index contributed by atoms with van der Waals surface area (Å²) < 4.78 is 19.5. The zero-order valence-corrected chi connectivity index (χ0v) is 10.6. The molecule has 0 amide bonds. The van der Waals surface area contributed by atoms with E-state index >= 15 is 0 Å². The number of hydrogen-bond acceptors (Lipinski definition) is 4. The van der Waals surface area contributed by atoms with Gasteiger partial charge in [-0.2, -0.15) is 4.39 Å². The summed E-state index contributed by atoms with van der Waals surface area (Å²) in [5.74, 6) is -0.758. The molecule has 0 aliphatic carbocycles. The quantitative estimate of drug-likeness (QED) is 0.669. The van der Waals surface area contributed by atoms with Gasteiger partial charge in [0, 0.05) is 24.6 Å². The monoisotopic (exact) mass is 268 g/mol. The highest BCUT2D eigenvalue weighted by Crippen LogP contribution is 2.33. The Morgan fingerprint density at radius 3 is 2.89 bits per heavy atom. The lowest BCUT2D eigenvalue weighted by molar-refractivity contribution is -0.387. The SMILES string of the molecule is NCC1(Cc2cccc([N+](=O)[O-])c2F)CCCOC1. The Hall–Kier alpha value is -1.53. The smallest absolute Gasteiger partial charge is 0.305 e. The van der Waals surface area contributed by atoms with E-state index in [1.165, 1.54) is 12.1 Å². The van der Waals surface area contributed by atoms with Gasteiger partial charge >= 0.3 is 5.69 Å². The van der Waals surface area contributed by atoms with Crippen molar-refractivity contribution in [3.63, 3.8) is 0 Å². The number of rotatable bonds is 4. The second kappa shape index (κ2) is 5.63. The van der Waals surface area contributed by atoms with Gasteiger partial charge in [0.25, 0.3) is 0 Å². The third kappa shape index (κ3) is 2.90. The molecule has 1 saturated heterocycles. The maximum Gasteiger partial charge on any atom is 0.305 e. The fourth-order valence-electron chi connectivity index (χ4n) is 2.53. The van der Waals surface area contributed by atoms with Crippen molar-refractivity contribution in [2.45, 2.75) is 19.3 Å². The molecule has 104 valence electrons. The van der Waals surface area contributed by atoms with Crippen LogP contribution in [0.4, 0.5) is 10.1 Å². The molecule has 0 radical (unpaired) electrons. The number of benzene rings is 1. The molecule has 0 spiro atoms. The van der Waals surface area contributed by atoms with E-state index in [9.17, 15) is 14.5 Å². The summed E-state index contributed by atoms with van der Waals surface area (Å²) in [4.78, 5) is 10.0. The van der Waals surface area contributed by atoms with Crippen LogP contribution in [0, 0.1) is 21.3 Å². The summed E-state index contributed by atoms with van der Waals surface area (Å²) >= 11 is 0. The fourth-order valence-corrected chi connectivity index (χ4v) is 2.53. The van der Waals surface area contributed by atoms with Crippen molar-refractivity contribution in [2.75, 3.05) is 19.8 Å². The summed E-state index contributed by atoms with van der Waals surface area (Å²) in [5, 5.41) is 10.7. The number of nitro groups is 1. The van der Waals surface area contributed by atoms with Crippen LogP contribution in [0.1, 0.15) is 18.4 Å². The van der Waals surface area contributed by atoms with E-state index in [1.807, 2.05) is 0 Å². The summed E-state index contributed by atoms with van der Waals surface area (Å²) in [6.07, 6.45) is 2.11. The first-order chi connectivity index (χ1) is 9.08. The van der Waals surface area contributed by atoms with Gasteiger partial charge in [-0.25, -0.2) is 0 Å². The van der Waals surface area contributed by atoms with Gasteiger partial charge in [0.2, 0.25) is 5.82 Å². The van der Waals surface area contributed by atoms with Gasteiger partial charge in [0.05, 0.1) is 11.5 Å². The van der Waals surface area contributed by atoms with Crippen molar-refractivity contribution >= 4 is 5.69 Å². The van der Waals surface area contributed by atoms with Crippen LogP contribution in [0.5, 0.6) is 0 Å². The summed E-state index contributed by atoms with van der Waals surface area (Å²) in [6, 6.07) is 4.25. The van der Waals surface area contributed by atoms with E-state index < -0.39 is 16.4 Å². The molecule has 1 heterocycles. The van der Waals surface area contributed by atoms with E-state index in [2.05, 4.69) is 0 Å². The number of nitrogens with zero attached hydrogens (tertiary/aromatic N) is 1. The summed E-state index contributed by atoms with van der Waals surface area (Å²) in [6.45, 7) is 1.56. The van der Waals surface area contributed by atoms with Crippen LogP contribution in [0.3, 0.4) is 0 Å². The molecule has 6 heteroatoms. The van der Waals surface area contributed by atoms with Gasteiger partial charge in [-0.3, -0.25) is 10.1 Å². The van der Waals surface area contributed by atoms with Gasteiger partial charge in [0.1, 0.15) is 0 Å². The molecule has 19 heavy (non-hydrogen) atoms. The average Bonchev–Trinajstić information content (AvgIpc) is 2.42. The molecule has 0 bridgehead atoms. The van der Waals surface area contributed by atoms with Crippen LogP contribution < -0.4 is 5.73 Å². The molecule has 1 aliphatic heterocycles. The summed E-state index contributed by atoms with van der Waals surface area (Å²) in [5.41, 5.74) is 5.34. The minimum absolute atomic E-state index is 0.311. The van der Waals surface area contributed by atoms with Crippen molar-refractivity contribution < 1.29 is 14.1 Å². The Morgan fingerprint density at radius 1 is 1.53 bits per heavy atom. The van der Waals surface area contributed by atoms with Crippen molar-refractivity contribution in [2.24, 2.45) is 11.1 Å². The Balaban J connectivity index is 2.27. The summed E-state index contributed by atoms with van der Waals surface area (Å²) in [7, 11) is 0. The molecule has 1 unspecified atom stereocenters. The maximum absolute atomic E-state index is 14.1. The van der Waals surface area contributed by atoms with Crippen LogP contribution in [0.2, 0.25) is 0 Å². The molecular weight excluding hydrogens is 251 g/mol. The molecule has 2 rings (SSSR count). The van der Waals surface area contributed by atoms with Gasteiger partial charge in [0.15, 0.2) is 0 Å². The van der Waals surface area contributed by atoms with Crippen LogP contribution in [0.25, 0.3) is 0 Å². The first-order valence-corrected chi connectivity index (χ1v) is 6.28. The lowest BCUT2D eigenvalue weighted by atomic mass is 9.77. The van der Waals surface area contributed by atoms with E-state index in [-0.39, 0.29) is 5.41 Å². The maximum atomic E-state index is 14.1. The van der Waals surface area contributed by atoms with Crippen molar-refractivity contribution in [1.82, 2.24) is 0 Å². The minimum atomic E-state index is -0.758. The first-order valence-electron chi connectivity index (χ1n) is 6.28. The Morgan fingerprint density at radius 2 is 2.32 bits per heavy atom. The highest BCUT2D eigenvalue weighted by Gasteiger charge is 2.33. The van der Waals surface area contributed by atoms with Gasteiger partial charge in [-0.15, -0.1) is 0 Å². The van der Waals surface area contributed by atoms with Crippen LogP contribution in [-0.2, 0) is 11.2 Å². The van der Waals surface area contributed by atoms with Gasteiger partial charge < -0.3 is 10.5 Å². The van der Waals surface area contributed by atoms with Gasteiger partial charge in [-0.05, 0) is 24.8 Å². The minimum Gasteiger partial charge on any atom is -0.381 e. The predicted molar refractivity (Wildman–Crippen MR) is 68.3 cm³/mol. The van der Waals surface area contributed by atoms with Gasteiger partial charge in [-0.1, -0.05) is 12.1 Å². The molecule has 1 aliphatic rings. The number of halogens is 1. The predicted octanol–water partition coefficient (Wildman–Crippen LogP) is 2.03. The molecule has 1 aromatic carbocycles. The zero-order chi connectivity index (χ0) is 13.9. The van der Waals surface area contributed by atoms with Crippen molar-refractivity contribution in [1.29, 1.82) is 0 Å². The topological polar surface area (TPSA) is 78.4 Å². The Bertz CT molecular complexity index is 473. The van der Waals surface area contributed by atoms with E-state index in [1.54, 1.807) is 6.07 Å². The second-order valence-corrected chi connectivity index (χ2v) is 5.04. The number of hydrogen-bond donors (Lipinski definition) is 1. The highest BCUT2D eigenvalue weighted by molar-refractivity contribution is 5.37. The third-order valence-corrected chi connectivity index (χ3v) is 3.66. The average molecular weight is 268 g/mol. The normalized spacial score (nSPS) is 23.3. The Kier molecular flexibility index (Phi) is 4.11. The van der Waals surface area contributed by atoms with Crippen molar-refractivity contribution in [3.05, 3.63) is 39.7 Å². The first kappa shape index (κ1) is 13.9. The highest BCUT2D eigenvalue weighted by atomic mass is 19.1. The number of nitro benzene ring substituents is 1. The van der Waals surface area contributed by atoms with Crippen LogP contribution in [0.15, 0.2) is 18.2 Å². The largest absolute Gasteiger partial charge is 0.381 e. The molecule has 1 aromatic rings. The molecule has 1 fully saturated rings. The molecule has 2 N–H and O–H groups in total. The van der Waals surface area contributed by atoms with Crippen LogP contribution >= 0.6 is 0 Å². The Labute approximate surface area is 110 Å². The number of ether oxygens (including phenoxy) is 1. The fraction of sp³-hybridized carbons (Fsp3) is 0.538. The third-order valence-electron chi connectivity index (χ3n) is 3.66. The molecule has 0 aromatic heterocycles. The molecule has 1 atom stereocenters. The second-order valence-electron chi connectivity index (χ2n) is 5.04. The van der Waals surface area contributed by atoms with Crippen molar-refractivity contribution in [3.8, 4) is 0 Å². The van der Waals surface area contributed by atoms with E-state index in [4.69, 9.17) is 10.5 Å². The number of nitrogens with two attached hydrogens (primary N) is 1. The van der Waals surface area contributed by atoms with E-state index in [0.717, 1.165) is 12.8 Å².